The molecule has 0 radical (unpaired) electrons. The number of unbranched alkanes of at least 4 members (excludes halogenated alkanes) is 2. The minimum atomic E-state index is -0.124. The summed E-state index contributed by atoms with van der Waals surface area (Å²) in [6.07, 6.45) is 5.79. The van der Waals surface area contributed by atoms with E-state index in [1.54, 1.807) is 14.2 Å². The highest BCUT2D eigenvalue weighted by atomic mass is 16.7. The first kappa shape index (κ1) is 14.9. The number of methoxy groups -OCH3 is 2. The summed E-state index contributed by atoms with van der Waals surface area (Å²) < 4.78 is 16.1. The summed E-state index contributed by atoms with van der Waals surface area (Å²) in [4.78, 5) is 0. The molecular formula is C12H26O3. The fraction of sp³-hybridized carbons (Fsp3) is 1.00. The van der Waals surface area contributed by atoms with Gasteiger partial charge in [-0.2, -0.15) is 0 Å². The van der Waals surface area contributed by atoms with E-state index in [0.717, 1.165) is 12.8 Å². The molecule has 0 aromatic carbocycles. The molecule has 0 saturated heterocycles. The molecule has 2 atom stereocenters. The Hall–Kier alpha value is -0.120. The van der Waals surface area contributed by atoms with Crippen molar-refractivity contribution in [1.82, 2.24) is 0 Å². The Morgan fingerprint density at radius 2 is 1.73 bits per heavy atom. The van der Waals surface area contributed by atoms with Gasteiger partial charge in [-0.05, 0) is 13.3 Å². The second-order valence-corrected chi connectivity index (χ2v) is 3.71. The van der Waals surface area contributed by atoms with Crippen LogP contribution in [0, 0.1) is 0 Å². The highest BCUT2D eigenvalue weighted by molar-refractivity contribution is 4.60. The molecule has 0 aliphatic carbocycles. The molecule has 3 nitrogen and oxygen atoms in total. The van der Waals surface area contributed by atoms with Gasteiger partial charge in [0.1, 0.15) is 0 Å². The normalized spacial score (nSPS) is 15.2. The second-order valence-electron chi connectivity index (χ2n) is 3.71. The topological polar surface area (TPSA) is 27.7 Å². The van der Waals surface area contributed by atoms with Crippen LogP contribution in [0.2, 0.25) is 0 Å². The van der Waals surface area contributed by atoms with Crippen LogP contribution in [0.5, 0.6) is 0 Å². The summed E-state index contributed by atoms with van der Waals surface area (Å²) in [6, 6.07) is 0. The van der Waals surface area contributed by atoms with Gasteiger partial charge < -0.3 is 14.2 Å². The summed E-state index contributed by atoms with van der Waals surface area (Å²) in [5.41, 5.74) is 0. The minimum absolute atomic E-state index is 0.124. The molecular weight excluding hydrogens is 192 g/mol. The van der Waals surface area contributed by atoms with Crippen LogP contribution in [-0.2, 0) is 14.2 Å². The average Bonchev–Trinajstić information content (AvgIpc) is 2.26. The number of hydrogen-bond acceptors (Lipinski definition) is 3. The summed E-state index contributed by atoms with van der Waals surface area (Å²) >= 11 is 0. The van der Waals surface area contributed by atoms with Crippen molar-refractivity contribution in [3.63, 3.8) is 0 Å². The van der Waals surface area contributed by atoms with Crippen molar-refractivity contribution < 1.29 is 14.2 Å². The molecule has 0 spiro atoms. The standard InChI is InChI=1S/C12H26O3/c1-5-7-8-9-11(13-3)10-12(14-4)15-6-2/h11-12H,5-10H2,1-4H3. The minimum Gasteiger partial charge on any atom is -0.381 e. The van der Waals surface area contributed by atoms with Gasteiger partial charge in [-0.25, -0.2) is 0 Å². The Bertz CT molecular complexity index is 128. The maximum absolute atomic E-state index is 5.43. The van der Waals surface area contributed by atoms with Crippen LogP contribution < -0.4 is 0 Å². The van der Waals surface area contributed by atoms with Crippen molar-refractivity contribution in [1.29, 1.82) is 0 Å². The number of hydrogen-bond donors (Lipinski definition) is 0. The van der Waals surface area contributed by atoms with Crippen molar-refractivity contribution >= 4 is 0 Å². The zero-order valence-electron chi connectivity index (χ0n) is 10.6. The lowest BCUT2D eigenvalue weighted by Crippen LogP contribution is -2.24. The van der Waals surface area contributed by atoms with E-state index in [9.17, 15) is 0 Å². The van der Waals surface area contributed by atoms with Crippen molar-refractivity contribution in [3.8, 4) is 0 Å². The van der Waals surface area contributed by atoms with E-state index in [-0.39, 0.29) is 12.4 Å². The monoisotopic (exact) mass is 218 g/mol. The van der Waals surface area contributed by atoms with E-state index < -0.39 is 0 Å². The maximum atomic E-state index is 5.43. The molecule has 0 aromatic heterocycles. The van der Waals surface area contributed by atoms with E-state index in [1.807, 2.05) is 6.92 Å². The van der Waals surface area contributed by atoms with Crippen LogP contribution in [0.3, 0.4) is 0 Å². The summed E-state index contributed by atoms with van der Waals surface area (Å²) in [6.45, 7) is 4.87. The van der Waals surface area contributed by atoms with Crippen LogP contribution in [0.25, 0.3) is 0 Å². The van der Waals surface area contributed by atoms with Gasteiger partial charge in [0.2, 0.25) is 0 Å². The predicted octanol–water partition coefficient (Wildman–Crippen LogP) is 2.98. The van der Waals surface area contributed by atoms with Gasteiger partial charge in [-0.1, -0.05) is 26.2 Å². The fourth-order valence-corrected chi connectivity index (χ4v) is 1.59. The lowest BCUT2D eigenvalue weighted by Gasteiger charge is -2.21. The molecule has 0 rings (SSSR count). The van der Waals surface area contributed by atoms with E-state index >= 15 is 0 Å². The van der Waals surface area contributed by atoms with Gasteiger partial charge in [0.25, 0.3) is 0 Å². The Morgan fingerprint density at radius 3 is 2.20 bits per heavy atom. The Balaban J connectivity index is 3.73. The zero-order chi connectivity index (χ0) is 11.5. The highest BCUT2D eigenvalue weighted by Crippen LogP contribution is 2.13. The average molecular weight is 218 g/mol. The van der Waals surface area contributed by atoms with Crippen LogP contribution in [0.4, 0.5) is 0 Å². The SMILES string of the molecule is CCCCCC(CC(OC)OCC)OC. The van der Waals surface area contributed by atoms with Crippen molar-refractivity contribution in [2.45, 2.75) is 58.3 Å². The van der Waals surface area contributed by atoms with Crippen LogP contribution >= 0.6 is 0 Å². The Morgan fingerprint density at radius 1 is 1.00 bits per heavy atom. The summed E-state index contributed by atoms with van der Waals surface area (Å²) in [5.74, 6) is 0. The first-order valence-electron chi connectivity index (χ1n) is 5.95. The molecule has 0 N–H and O–H groups in total. The third kappa shape index (κ3) is 7.77. The largest absolute Gasteiger partial charge is 0.381 e. The van der Waals surface area contributed by atoms with Gasteiger partial charge in [-0.15, -0.1) is 0 Å². The van der Waals surface area contributed by atoms with Crippen LogP contribution in [0.15, 0.2) is 0 Å². The Kier molecular flexibility index (Phi) is 10.3. The molecule has 2 unspecified atom stereocenters. The molecule has 0 amide bonds. The third-order valence-electron chi connectivity index (χ3n) is 2.53. The van der Waals surface area contributed by atoms with E-state index in [4.69, 9.17) is 14.2 Å². The van der Waals surface area contributed by atoms with Crippen molar-refractivity contribution in [2.75, 3.05) is 20.8 Å². The molecule has 92 valence electrons. The summed E-state index contributed by atoms with van der Waals surface area (Å²) in [7, 11) is 3.44. The van der Waals surface area contributed by atoms with Gasteiger partial charge in [0.05, 0.1) is 6.10 Å². The fourth-order valence-electron chi connectivity index (χ4n) is 1.59. The van der Waals surface area contributed by atoms with Gasteiger partial charge in [0.15, 0.2) is 6.29 Å². The molecule has 0 aliphatic heterocycles. The molecule has 0 aromatic rings. The van der Waals surface area contributed by atoms with E-state index in [1.165, 1.54) is 19.3 Å². The molecule has 3 heteroatoms. The molecule has 0 fully saturated rings. The lowest BCUT2D eigenvalue weighted by atomic mass is 10.1. The maximum Gasteiger partial charge on any atom is 0.159 e. The number of ether oxygens (including phenoxy) is 3. The van der Waals surface area contributed by atoms with Crippen molar-refractivity contribution in [2.24, 2.45) is 0 Å². The zero-order valence-corrected chi connectivity index (χ0v) is 10.6. The highest BCUT2D eigenvalue weighted by Gasteiger charge is 2.15. The second kappa shape index (κ2) is 10.4. The third-order valence-corrected chi connectivity index (χ3v) is 2.53. The summed E-state index contributed by atoms with van der Waals surface area (Å²) in [5, 5.41) is 0. The van der Waals surface area contributed by atoms with Gasteiger partial charge in [0, 0.05) is 27.2 Å². The first-order chi connectivity index (χ1) is 7.28. The predicted molar refractivity (Wildman–Crippen MR) is 62.0 cm³/mol. The molecule has 0 aliphatic rings. The number of rotatable bonds is 10. The van der Waals surface area contributed by atoms with E-state index in [2.05, 4.69) is 6.92 Å². The molecule has 0 saturated carbocycles. The smallest absolute Gasteiger partial charge is 0.159 e. The molecule has 0 bridgehead atoms. The van der Waals surface area contributed by atoms with Crippen LogP contribution in [0.1, 0.15) is 46.0 Å². The first-order valence-corrected chi connectivity index (χ1v) is 5.95. The molecule has 0 heterocycles. The van der Waals surface area contributed by atoms with Crippen molar-refractivity contribution in [3.05, 3.63) is 0 Å². The van der Waals surface area contributed by atoms with Crippen LogP contribution in [-0.4, -0.2) is 33.2 Å². The van der Waals surface area contributed by atoms with Gasteiger partial charge in [-0.3, -0.25) is 0 Å². The van der Waals surface area contributed by atoms with E-state index in [0.29, 0.717) is 6.61 Å². The molecule has 15 heavy (non-hydrogen) atoms. The quantitative estimate of drug-likeness (QED) is 0.417. The van der Waals surface area contributed by atoms with Gasteiger partial charge >= 0.3 is 0 Å². The lowest BCUT2D eigenvalue weighted by molar-refractivity contribution is -0.141. The Labute approximate surface area is 94.1 Å².